The van der Waals surface area contributed by atoms with Crippen LogP contribution in [0.5, 0.6) is 5.75 Å². The molecule has 1 fully saturated rings. The molecular weight excluding hydrogens is 352 g/mol. The molecule has 0 saturated heterocycles. The number of nitrogens with zero attached hydrogens (tertiary/aromatic N) is 2. The summed E-state index contributed by atoms with van der Waals surface area (Å²) in [7, 11) is 1.58. The zero-order valence-corrected chi connectivity index (χ0v) is 15.3. The maximum absolute atomic E-state index is 12.6. The number of ether oxygens (including phenoxy) is 1. The summed E-state index contributed by atoms with van der Waals surface area (Å²) in [5.74, 6) is 0.835. The molecule has 4 rings (SSSR count). The first-order chi connectivity index (χ1) is 12.6. The lowest BCUT2D eigenvalue weighted by molar-refractivity contribution is -0.117. The molecule has 1 aliphatic carbocycles. The largest absolute Gasteiger partial charge is 0.495 e. The number of amides is 3. The Morgan fingerprint density at radius 1 is 1.27 bits per heavy atom. The van der Waals surface area contributed by atoms with Gasteiger partial charge in [0.1, 0.15) is 5.75 Å². The minimum atomic E-state index is -0.169. The van der Waals surface area contributed by atoms with Gasteiger partial charge in [-0.2, -0.15) is 0 Å². The second-order valence-electron chi connectivity index (χ2n) is 6.45. The highest BCUT2D eigenvalue weighted by Crippen LogP contribution is 2.33. The normalized spacial score (nSPS) is 16.0. The van der Waals surface area contributed by atoms with Gasteiger partial charge in [-0.3, -0.25) is 4.79 Å². The molecule has 2 aliphatic rings. The highest BCUT2D eigenvalue weighted by molar-refractivity contribution is 7.15. The average Bonchev–Trinajstić information content (AvgIpc) is 3.42. The molecule has 136 valence electrons. The molecular formula is C18H20N4O3S. The molecule has 2 N–H and O–H groups in total. The highest BCUT2D eigenvalue weighted by atomic mass is 32.1. The van der Waals surface area contributed by atoms with Gasteiger partial charge >= 0.3 is 6.03 Å². The van der Waals surface area contributed by atoms with E-state index in [-0.39, 0.29) is 17.9 Å². The number of anilines is 2. The van der Waals surface area contributed by atoms with E-state index >= 15 is 0 Å². The van der Waals surface area contributed by atoms with Gasteiger partial charge in [-0.15, -0.1) is 0 Å². The standard InChI is InChI=1S/C18H20N4O3S/c1-25-14-5-3-2-4-12(14)20-18(24)22-9-8-13-15(10-22)26-17(19-13)21-16(23)11-6-7-11/h2-5,11H,6-10H2,1H3,(H,20,24)(H,19,21,23). The van der Waals surface area contributed by atoms with Gasteiger partial charge in [0.2, 0.25) is 5.91 Å². The number of rotatable bonds is 4. The Morgan fingerprint density at radius 3 is 2.85 bits per heavy atom. The fourth-order valence-electron chi connectivity index (χ4n) is 2.92. The molecule has 0 radical (unpaired) electrons. The molecule has 0 spiro atoms. The zero-order chi connectivity index (χ0) is 18.1. The minimum Gasteiger partial charge on any atom is -0.495 e. The van der Waals surface area contributed by atoms with Crippen molar-refractivity contribution in [2.24, 2.45) is 5.92 Å². The van der Waals surface area contributed by atoms with Crippen LogP contribution < -0.4 is 15.4 Å². The highest BCUT2D eigenvalue weighted by Gasteiger charge is 2.31. The average molecular weight is 372 g/mol. The van der Waals surface area contributed by atoms with Gasteiger partial charge in [0.25, 0.3) is 0 Å². The number of methoxy groups -OCH3 is 1. The number of carbonyl (C=O) groups is 2. The summed E-state index contributed by atoms with van der Waals surface area (Å²) in [6.45, 7) is 1.08. The van der Waals surface area contributed by atoms with Gasteiger partial charge in [0, 0.05) is 23.8 Å². The number of para-hydroxylation sites is 2. The van der Waals surface area contributed by atoms with E-state index in [0.717, 1.165) is 23.4 Å². The third-order valence-electron chi connectivity index (χ3n) is 4.55. The van der Waals surface area contributed by atoms with Crippen LogP contribution in [-0.2, 0) is 17.8 Å². The molecule has 2 aromatic rings. The Hall–Kier alpha value is -2.61. The number of fused-ring (bicyclic) bond motifs is 1. The van der Waals surface area contributed by atoms with E-state index in [1.807, 2.05) is 24.3 Å². The summed E-state index contributed by atoms with van der Waals surface area (Å²) < 4.78 is 5.27. The first kappa shape index (κ1) is 16.8. The first-order valence-electron chi connectivity index (χ1n) is 8.62. The molecule has 7 nitrogen and oxygen atoms in total. The lowest BCUT2D eigenvalue weighted by Gasteiger charge is -2.26. The van der Waals surface area contributed by atoms with Crippen LogP contribution in [0.1, 0.15) is 23.4 Å². The van der Waals surface area contributed by atoms with Gasteiger partial charge in [0.15, 0.2) is 5.13 Å². The third-order valence-corrected chi connectivity index (χ3v) is 5.54. The molecule has 2 heterocycles. The number of thiazole rings is 1. The Bertz CT molecular complexity index is 847. The fourth-order valence-corrected chi connectivity index (χ4v) is 3.94. The quantitative estimate of drug-likeness (QED) is 0.864. The Kier molecular flexibility index (Phi) is 4.50. The summed E-state index contributed by atoms with van der Waals surface area (Å²) in [6, 6.07) is 7.16. The predicted octanol–water partition coefficient (Wildman–Crippen LogP) is 3.09. The van der Waals surface area contributed by atoms with Crippen LogP contribution in [0.2, 0.25) is 0 Å². The lowest BCUT2D eigenvalue weighted by atomic mass is 10.2. The molecule has 0 unspecified atom stereocenters. The molecule has 8 heteroatoms. The number of urea groups is 1. The van der Waals surface area contributed by atoms with Crippen molar-refractivity contribution in [1.29, 1.82) is 0 Å². The maximum Gasteiger partial charge on any atom is 0.322 e. The second kappa shape index (κ2) is 6.95. The van der Waals surface area contributed by atoms with E-state index in [9.17, 15) is 9.59 Å². The van der Waals surface area contributed by atoms with Crippen molar-refractivity contribution < 1.29 is 14.3 Å². The number of aromatic nitrogens is 1. The molecule has 26 heavy (non-hydrogen) atoms. The van der Waals surface area contributed by atoms with E-state index in [1.165, 1.54) is 11.3 Å². The first-order valence-corrected chi connectivity index (χ1v) is 9.44. The second-order valence-corrected chi connectivity index (χ2v) is 7.54. The summed E-state index contributed by atoms with van der Waals surface area (Å²) >= 11 is 1.45. The van der Waals surface area contributed by atoms with Gasteiger partial charge in [0.05, 0.1) is 25.0 Å². The van der Waals surface area contributed by atoms with E-state index < -0.39 is 0 Å². The Balaban J connectivity index is 1.41. The lowest BCUT2D eigenvalue weighted by Crippen LogP contribution is -2.38. The fraction of sp³-hybridized carbons (Fsp3) is 0.389. The van der Waals surface area contributed by atoms with Crippen molar-refractivity contribution in [3.63, 3.8) is 0 Å². The number of benzene rings is 1. The monoisotopic (exact) mass is 372 g/mol. The van der Waals surface area contributed by atoms with Crippen LogP contribution in [0, 0.1) is 5.92 Å². The number of hydrogen-bond acceptors (Lipinski definition) is 5. The van der Waals surface area contributed by atoms with Crippen molar-refractivity contribution in [3.8, 4) is 5.75 Å². The molecule has 1 aromatic heterocycles. The molecule has 1 aliphatic heterocycles. The summed E-state index contributed by atoms with van der Waals surface area (Å²) in [6.07, 6.45) is 2.62. The smallest absolute Gasteiger partial charge is 0.322 e. The Labute approximate surface area is 155 Å². The van der Waals surface area contributed by atoms with Gasteiger partial charge in [-0.05, 0) is 25.0 Å². The van der Waals surface area contributed by atoms with Crippen LogP contribution in [0.25, 0.3) is 0 Å². The van der Waals surface area contributed by atoms with Gasteiger partial charge in [-0.25, -0.2) is 9.78 Å². The van der Waals surface area contributed by atoms with Crippen LogP contribution in [0.4, 0.5) is 15.6 Å². The van der Waals surface area contributed by atoms with E-state index in [0.29, 0.717) is 36.1 Å². The molecule has 1 saturated carbocycles. The van der Waals surface area contributed by atoms with Crippen molar-refractivity contribution in [3.05, 3.63) is 34.8 Å². The summed E-state index contributed by atoms with van der Waals surface area (Å²) in [5, 5.41) is 6.43. The van der Waals surface area contributed by atoms with Crippen molar-refractivity contribution in [1.82, 2.24) is 9.88 Å². The third kappa shape index (κ3) is 3.50. The summed E-state index contributed by atoms with van der Waals surface area (Å²) in [4.78, 5) is 31.8. The van der Waals surface area contributed by atoms with Crippen molar-refractivity contribution in [2.45, 2.75) is 25.8 Å². The Morgan fingerprint density at radius 2 is 2.08 bits per heavy atom. The number of hydrogen-bond donors (Lipinski definition) is 2. The number of carbonyl (C=O) groups excluding carboxylic acids is 2. The van der Waals surface area contributed by atoms with Crippen molar-refractivity contribution >= 4 is 34.1 Å². The SMILES string of the molecule is COc1ccccc1NC(=O)N1CCc2nc(NC(=O)C3CC3)sc2C1. The minimum absolute atomic E-state index is 0.0573. The van der Waals surface area contributed by atoms with Crippen LogP contribution >= 0.6 is 11.3 Å². The van der Waals surface area contributed by atoms with Crippen LogP contribution in [0.15, 0.2) is 24.3 Å². The summed E-state index contributed by atoms with van der Waals surface area (Å²) in [5.41, 5.74) is 1.62. The molecule has 3 amide bonds. The maximum atomic E-state index is 12.6. The van der Waals surface area contributed by atoms with Crippen molar-refractivity contribution in [2.75, 3.05) is 24.3 Å². The van der Waals surface area contributed by atoms with E-state index in [4.69, 9.17) is 4.74 Å². The molecule has 1 aromatic carbocycles. The van der Waals surface area contributed by atoms with Gasteiger partial charge in [-0.1, -0.05) is 23.5 Å². The molecule has 0 atom stereocenters. The number of nitrogens with one attached hydrogen (secondary N) is 2. The van der Waals surface area contributed by atoms with E-state index in [2.05, 4.69) is 15.6 Å². The zero-order valence-electron chi connectivity index (χ0n) is 14.4. The van der Waals surface area contributed by atoms with E-state index in [1.54, 1.807) is 12.0 Å². The predicted molar refractivity (Wildman–Crippen MR) is 99.6 cm³/mol. The topological polar surface area (TPSA) is 83.6 Å². The van der Waals surface area contributed by atoms with Gasteiger partial charge < -0.3 is 20.3 Å². The van der Waals surface area contributed by atoms with Crippen LogP contribution in [-0.4, -0.2) is 35.5 Å². The molecule has 0 bridgehead atoms. The van der Waals surface area contributed by atoms with Crippen LogP contribution in [0.3, 0.4) is 0 Å².